The van der Waals surface area contributed by atoms with Gasteiger partial charge in [0.2, 0.25) is 76.8 Å². The highest BCUT2D eigenvalue weighted by molar-refractivity contribution is 6.00. The Bertz CT molecular complexity index is 2450. The van der Waals surface area contributed by atoms with Crippen LogP contribution in [0.25, 0.3) is 0 Å². The van der Waals surface area contributed by atoms with Gasteiger partial charge in [-0.3, -0.25) is 67.1 Å². The second-order valence-electron chi connectivity index (χ2n) is 22.6. The number of aliphatic carboxylic acids is 2. The van der Waals surface area contributed by atoms with Crippen LogP contribution in [0.1, 0.15) is 133 Å². The Balaban J connectivity index is 6.60. The fraction of sp³-hybridized carbons (Fsp3) is 0.722. The van der Waals surface area contributed by atoms with Gasteiger partial charge in [0.25, 0.3) is 0 Å². The molecular formula is C54H96N16O19. The van der Waals surface area contributed by atoms with E-state index in [4.69, 9.17) is 28.7 Å². The van der Waals surface area contributed by atoms with Gasteiger partial charge in [-0.25, -0.2) is 4.79 Å². The van der Waals surface area contributed by atoms with Crippen LogP contribution in [0.4, 0.5) is 0 Å². The molecule has 0 heterocycles. The van der Waals surface area contributed by atoms with Crippen LogP contribution in [0.5, 0.6) is 0 Å². The smallest absolute Gasteiger partial charge is 0.326 e. The van der Waals surface area contributed by atoms with Crippen LogP contribution in [0, 0.1) is 17.8 Å². The van der Waals surface area contributed by atoms with Crippen molar-refractivity contribution in [2.24, 2.45) is 46.4 Å². The molecule has 506 valence electrons. The maximum Gasteiger partial charge on any atom is 0.326 e. The molecule has 0 radical (unpaired) electrons. The van der Waals surface area contributed by atoms with E-state index in [1.165, 1.54) is 41.5 Å². The predicted octanol–water partition coefficient (Wildman–Crippen LogP) is -7.62. The highest BCUT2D eigenvalue weighted by Gasteiger charge is 2.38. The molecule has 0 saturated heterocycles. The second kappa shape index (κ2) is 41.1. The highest BCUT2D eigenvalue weighted by atomic mass is 16.4. The molecule has 0 bridgehead atoms. The number of primary amides is 2. The van der Waals surface area contributed by atoms with Crippen LogP contribution >= 0.6 is 0 Å². The lowest BCUT2D eigenvalue weighted by Gasteiger charge is -2.30. The van der Waals surface area contributed by atoms with Gasteiger partial charge < -0.3 is 108 Å². The average Bonchev–Trinajstić information content (AvgIpc) is 3.56. The first kappa shape index (κ1) is 80.8. The van der Waals surface area contributed by atoms with E-state index < -0.39 is 211 Å². The first-order valence-corrected chi connectivity index (χ1v) is 29.2. The van der Waals surface area contributed by atoms with Gasteiger partial charge in [0.15, 0.2) is 0 Å². The van der Waals surface area contributed by atoms with Crippen molar-refractivity contribution in [3.05, 3.63) is 0 Å². The van der Waals surface area contributed by atoms with Crippen molar-refractivity contribution >= 4 is 88.7 Å². The van der Waals surface area contributed by atoms with Gasteiger partial charge in [-0.1, -0.05) is 41.5 Å². The number of hydrogen-bond acceptors (Lipinski definition) is 20. The number of carbonyl (C=O) groups excluding carboxylic acids is 13. The van der Waals surface area contributed by atoms with Crippen LogP contribution in [0.3, 0.4) is 0 Å². The van der Waals surface area contributed by atoms with Crippen LogP contribution in [0.15, 0.2) is 0 Å². The predicted molar refractivity (Wildman–Crippen MR) is 316 cm³/mol. The quantitative estimate of drug-likeness (QED) is 0.0252. The molecule has 13 atom stereocenters. The first-order valence-electron chi connectivity index (χ1n) is 29.2. The summed E-state index contributed by atoms with van der Waals surface area (Å²) in [7, 11) is 0. The molecular weight excluding hydrogens is 1180 g/mol. The zero-order chi connectivity index (χ0) is 68.6. The zero-order valence-electron chi connectivity index (χ0n) is 51.9. The minimum Gasteiger partial charge on any atom is -0.481 e. The van der Waals surface area contributed by atoms with E-state index in [9.17, 15) is 92.3 Å². The van der Waals surface area contributed by atoms with Crippen molar-refractivity contribution < 1.29 is 92.3 Å². The van der Waals surface area contributed by atoms with Crippen LogP contribution < -0.4 is 87.2 Å². The normalized spacial score (nSPS) is 15.6. The van der Waals surface area contributed by atoms with Crippen LogP contribution in [0.2, 0.25) is 0 Å². The summed E-state index contributed by atoms with van der Waals surface area (Å²) in [6.45, 7) is 12.4. The summed E-state index contributed by atoms with van der Waals surface area (Å²) < 4.78 is 0. The lowest BCUT2D eigenvalue weighted by Crippen LogP contribution is -2.62. The van der Waals surface area contributed by atoms with Crippen molar-refractivity contribution in [3.63, 3.8) is 0 Å². The molecule has 0 aromatic heterocycles. The first-order chi connectivity index (χ1) is 41.4. The summed E-state index contributed by atoms with van der Waals surface area (Å²) in [5.41, 5.74) is 27.4. The minimum atomic E-state index is -1.81. The lowest BCUT2D eigenvalue weighted by molar-refractivity contribution is -0.143. The van der Waals surface area contributed by atoms with Gasteiger partial charge in [-0.05, 0) is 103 Å². The van der Waals surface area contributed by atoms with Gasteiger partial charge in [0.1, 0.15) is 66.5 Å². The zero-order valence-corrected chi connectivity index (χ0v) is 51.9. The van der Waals surface area contributed by atoms with E-state index >= 15 is 0 Å². The van der Waals surface area contributed by atoms with E-state index in [0.29, 0.717) is 12.8 Å². The average molecular weight is 1270 g/mol. The molecule has 13 amide bonds. The number of carboxylic acid groups (broad SMARTS) is 2. The standard InChI is InChI=1S/C54H96N16O19/c1-24(2)20-33(65-51(85)40(25(3)4)68-48(82)34(21-38(59)74)66-52(86)41(26(5)6)69-49(83)35(22-39(75)76)64-43(77)27(7)57)47(81)70-42(29(9)72)53(87)62-30(14-10-12-18-55)45(79)60-28(8)44(78)61-31(15-11-13-19-56)46(80)67-36(23-71)50(84)63-32(54(88)89)16-17-37(58)73/h24-36,40-42,71-72H,10-23,55-57H2,1-9H3,(H2,58,73)(H2,59,74)(H,60,79)(H,61,78)(H,62,87)(H,63,84)(H,64,77)(H,65,85)(H,66,86)(H,67,80)(H,68,82)(H,69,83)(H,70,81)(H,75,76)(H,88,89)/t27-,28-,29+,30-,31-,32-,33-,34-,35-,36-,40-,41-,42-/m0/s1. The molecule has 0 aromatic carbocycles. The number of hydrogen-bond donors (Lipinski definition) is 20. The van der Waals surface area contributed by atoms with Crippen LogP contribution in [-0.2, 0) is 71.9 Å². The molecule has 0 aromatic rings. The van der Waals surface area contributed by atoms with Crippen molar-refractivity contribution in [1.82, 2.24) is 58.5 Å². The Morgan fingerprint density at radius 2 is 0.764 bits per heavy atom. The van der Waals surface area contributed by atoms with E-state index in [0.717, 1.165) is 6.92 Å². The monoisotopic (exact) mass is 1270 g/mol. The maximum absolute atomic E-state index is 14.1. The number of aliphatic hydroxyl groups excluding tert-OH is 2. The van der Waals surface area contributed by atoms with E-state index in [-0.39, 0.29) is 51.1 Å². The Morgan fingerprint density at radius 3 is 1.17 bits per heavy atom. The number of carboxylic acids is 2. The van der Waals surface area contributed by atoms with Gasteiger partial charge in [0.05, 0.1) is 31.6 Å². The molecule has 0 aliphatic heterocycles. The summed E-state index contributed by atoms with van der Waals surface area (Å²) in [5.74, 6) is -18.1. The highest BCUT2D eigenvalue weighted by Crippen LogP contribution is 2.13. The molecule has 0 aliphatic carbocycles. The van der Waals surface area contributed by atoms with E-state index in [1.807, 2.05) is 0 Å². The summed E-state index contributed by atoms with van der Waals surface area (Å²) >= 11 is 0. The minimum absolute atomic E-state index is 0.0699. The molecule has 0 fully saturated rings. The third-order valence-electron chi connectivity index (χ3n) is 13.4. The molecule has 0 rings (SSSR count). The third kappa shape index (κ3) is 31.0. The van der Waals surface area contributed by atoms with Gasteiger partial charge in [-0.2, -0.15) is 0 Å². The second-order valence-corrected chi connectivity index (χ2v) is 22.6. The molecule has 25 N–H and O–H groups in total. The van der Waals surface area contributed by atoms with E-state index in [1.54, 1.807) is 13.8 Å². The third-order valence-corrected chi connectivity index (χ3v) is 13.4. The molecule has 0 saturated carbocycles. The summed E-state index contributed by atoms with van der Waals surface area (Å²) in [6.07, 6.45) is -3.25. The topological polar surface area (TPSA) is 599 Å². The number of nitrogens with two attached hydrogens (primary N) is 5. The van der Waals surface area contributed by atoms with Gasteiger partial charge in [0, 0.05) is 6.42 Å². The Kier molecular flexibility index (Phi) is 37.4. The number of aliphatic hydroxyl groups is 2. The fourth-order valence-corrected chi connectivity index (χ4v) is 8.30. The molecule has 35 heteroatoms. The SMILES string of the molecule is CC(C)C[C@H](NC(=O)[C@@H](NC(=O)[C@H](CC(N)=O)NC(=O)[C@@H](NC(=O)[C@H](CC(=O)O)NC(=O)[C@H](C)N)C(C)C)C(C)C)C(=O)N[C@H](C(=O)N[C@@H](CCCCN)C(=O)N[C@@H](C)C(=O)N[C@@H](CCCCN)C(=O)N[C@@H](CO)C(=O)N[C@@H](CCC(N)=O)C(=O)O)[C@@H](C)O. The Labute approximate surface area is 515 Å². The van der Waals surface area contributed by atoms with Crippen molar-refractivity contribution in [2.75, 3.05) is 19.7 Å². The number of carbonyl (C=O) groups is 15. The number of nitrogens with one attached hydrogen (secondary N) is 11. The molecule has 0 spiro atoms. The van der Waals surface area contributed by atoms with Crippen molar-refractivity contribution in [3.8, 4) is 0 Å². The van der Waals surface area contributed by atoms with Crippen molar-refractivity contribution in [1.29, 1.82) is 0 Å². The summed E-state index contributed by atoms with van der Waals surface area (Å²) in [6, 6.07) is -18.6. The number of amides is 13. The summed E-state index contributed by atoms with van der Waals surface area (Å²) in [4.78, 5) is 196. The lowest BCUT2D eigenvalue weighted by atomic mass is 9.98. The van der Waals surface area contributed by atoms with Gasteiger partial charge in [-0.15, -0.1) is 0 Å². The van der Waals surface area contributed by atoms with Gasteiger partial charge >= 0.3 is 11.9 Å². The molecule has 89 heavy (non-hydrogen) atoms. The maximum atomic E-state index is 14.1. The van der Waals surface area contributed by atoms with E-state index in [2.05, 4.69) is 58.5 Å². The van der Waals surface area contributed by atoms with Crippen molar-refractivity contribution in [2.45, 2.75) is 212 Å². The fourth-order valence-electron chi connectivity index (χ4n) is 8.30. The molecule has 0 aliphatic rings. The Hall–Kier alpha value is -8.15. The van der Waals surface area contributed by atoms with Crippen LogP contribution in [-0.4, -0.2) is 207 Å². The molecule has 0 unspecified atom stereocenters. The Morgan fingerprint density at radius 1 is 0.393 bits per heavy atom. The largest absolute Gasteiger partial charge is 0.481 e. The number of rotatable bonds is 44. The number of unbranched alkanes of at least 4 members (excludes halogenated alkanes) is 2. The molecule has 35 nitrogen and oxygen atoms in total. The summed E-state index contributed by atoms with van der Waals surface area (Å²) in [5, 5.41) is 65.7.